The molecule has 2 heteroatoms. The van der Waals surface area contributed by atoms with Gasteiger partial charge < -0.3 is 0 Å². The van der Waals surface area contributed by atoms with Crippen LogP contribution in [0.1, 0.15) is 101 Å². The van der Waals surface area contributed by atoms with E-state index in [2.05, 4.69) is 81.6 Å². The average molecular weight is 569 g/mol. The Kier molecular flexibility index (Phi) is 7.30. The highest BCUT2D eigenvalue weighted by atomic mass is 29.3. The third-order valence-electron chi connectivity index (χ3n) is 14.5. The number of fused-ring (bicyclic) bond motifs is 5. The molecule has 0 bridgehead atoms. The van der Waals surface area contributed by atoms with Gasteiger partial charge in [-0.05, 0) is 88.1 Å². The second-order valence-electron chi connectivity index (χ2n) is 16.3. The third kappa shape index (κ3) is 4.23. The van der Waals surface area contributed by atoms with Gasteiger partial charge in [0.15, 0.2) is 0 Å². The fourth-order valence-corrected chi connectivity index (χ4v) is 26.0. The Morgan fingerprint density at radius 2 is 1.38 bits per heavy atom. The molecule has 4 saturated carbocycles. The Balaban J connectivity index is 1.21. The van der Waals surface area contributed by atoms with E-state index in [9.17, 15) is 0 Å². The zero-order valence-electron chi connectivity index (χ0n) is 26.3. The van der Waals surface area contributed by atoms with E-state index in [0.29, 0.717) is 5.92 Å². The molecule has 0 aliphatic heterocycles. The predicted octanol–water partition coefficient (Wildman–Crippen LogP) is 11.5. The molecule has 0 saturated heterocycles. The molecule has 2 aromatic carbocycles. The van der Waals surface area contributed by atoms with Crippen molar-refractivity contribution >= 4 is 15.2 Å². The molecule has 0 spiro atoms. The maximum Gasteiger partial charge on any atom is 0.0448 e. The van der Waals surface area contributed by atoms with Crippen LogP contribution < -0.4 is 0 Å². The topological polar surface area (TPSA) is 0 Å². The summed E-state index contributed by atoms with van der Waals surface area (Å²) in [4.78, 5) is 0. The van der Waals surface area contributed by atoms with Crippen molar-refractivity contribution < 1.29 is 0 Å². The van der Waals surface area contributed by atoms with Gasteiger partial charge in [-0.3, -0.25) is 0 Å². The first-order chi connectivity index (χ1) is 19.3. The van der Waals surface area contributed by atoms with Gasteiger partial charge in [0.05, 0.1) is 0 Å². The first kappa shape index (κ1) is 27.7. The molecule has 5 aliphatic rings. The van der Waals surface area contributed by atoms with Crippen LogP contribution in [-0.4, -0.2) is 15.2 Å². The first-order valence-electron chi connectivity index (χ1n) is 17.5. The molecule has 0 nitrogen and oxygen atoms in total. The number of hydrogen-bond acceptors (Lipinski definition) is 0. The minimum atomic E-state index is -1.35. The van der Waals surface area contributed by atoms with E-state index in [0.717, 1.165) is 46.6 Å². The molecule has 8 unspecified atom stereocenters. The standard InChI is InChI=1S/C38H56Si2/c1-6-7-13-26-20-21-28(24-26)39(2,3)40(4,5)36-23-22-34-35(36)25-27-14-12-19-29(27)37(34)38-32-17-10-8-15-30(32)31-16-9-11-18-33(31)38/h8-11,15-18,26-29,34-38H,6-7,12-14,19-25H2,1-5H3. The third-order valence-corrected chi connectivity index (χ3v) is 35.3. The van der Waals surface area contributed by atoms with Crippen LogP contribution in [0.15, 0.2) is 48.5 Å². The summed E-state index contributed by atoms with van der Waals surface area (Å²) in [7, 11) is -2.63. The molecular formula is C38H56Si2. The lowest BCUT2D eigenvalue weighted by Gasteiger charge is -2.53. The van der Waals surface area contributed by atoms with Crippen LogP contribution in [0.25, 0.3) is 11.1 Å². The molecule has 5 aliphatic carbocycles. The summed E-state index contributed by atoms with van der Waals surface area (Å²) in [5, 5.41) is 0. The van der Waals surface area contributed by atoms with Crippen molar-refractivity contribution in [2.45, 2.75) is 127 Å². The Morgan fingerprint density at radius 1 is 0.675 bits per heavy atom. The summed E-state index contributed by atoms with van der Waals surface area (Å²) in [5.41, 5.74) is 8.66. The monoisotopic (exact) mass is 568 g/mol. The molecule has 0 radical (unpaired) electrons. The number of benzene rings is 2. The number of hydrogen-bond donors (Lipinski definition) is 0. The van der Waals surface area contributed by atoms with E-state index in [1.807, 2.05) is 0 Å². The Bertz CT molecular complexity index is 1170. The quantitative estimate of drug-likeness (QED) is 0.291. The second kappa shape index (κ2) is 10.5. The SMILES string of the molecule is CCCCC1CCC([Si](C)(C)[Si](C)(C)C2CCC3C2CC2CCCC2C3C2c3ccccc3-c3ccccc32)C1. The highest BCUT2D eigenvalue weighted by molar-refractivity contribution is 7.41. The number of rotatable bonds is 7. The van der Waals surface area contributed by atoms with E-state index in [1.54, 1.807) is 54.4 Å². The smallest absolute Gasteiger partial charge is 0.0448 e. The van der Waals surface area contributed by atoms with Crippen molar-refractivity contribution in [3.63, 3.8) is 0 Å². The van der Waals surface area contributed by atoms with Gasteiger partial charge in [0.1, 0.15) is 0 Å². The van der Waals surface area contributed by atoms with Gasteiger partial charge in [-0.2, -0.15) is 0 Å². The van der Waals surface area contributed by atoms with Crippen LogP contribution >= 0.6 is 0 Å². The highest BCUT2D eigenvalue weighted by Gasteiger charge is 2.60. The molecule has 0 aromatic heterocycles. The van der Waals surface area contributed by atoms with Crippen molar-refractivity contribution in [1.82, 2.24) is 0 Å². The van der Waals surface area contributed by atoms with Crippen molar-refractivity contribution in [2.24, 2.45) is 35.5 Å². The largest absolute Gasteiger partial charge is 0.0711 e. The van der Waals surface area contributed by atoms with E-state index < -0.39 is 15.2 Å². The number of unbranched alkanes of at least 4 members (excludes halogenated alkanes) is 1. The predicted molar refractivity (Wildman–Crippen MR) is 178 cm³/mol. The van der Waals surface area contributed by atoms with E-state index >= 15 is 0 Å². The lowest BCUT2D eigenvalue weighted by atomic mass is 9.58. The summed E-state index contributed by atoms with van der Waals surface area (Å²) < 4.78 is 0. The van der Waals surface area contributed by atoms with Crippen LogP contribution in [0.5, 0.6) is 0 Å². The fraction of sp³-hybridized carbons (Fsp3) is 0.684. The molecule has 0 heterocycles. The van der Waals surface area contributed by atoms with Crippen LogP contribution in [0.2, 0.25) is 37.3 Å². The van der Waals surface area contributed by atoms with Gasteiger partial charge in [-0.1, -0.05) is 139 Å². The van der Waals surface area contributed by atoms with Gasteiger partial charge >= 0.3 is 0 Å². The lowest BCUT2D eigenvalue weighted by molar-refractivity contribution is 0.0614. The lowest BCUT2D eigenvalue weighted by Crippen LogP contribution is -2.61. The molecule has 0 N–H and O–H groups in total. The fourth-order valence-electron chi connectivity index (χ4n) is 11.9. The van der Waals surface area contributed by atoms with Crippen molar-refractivity contribution in [3.8, 4) is 11.1 Å². The van der Waals surface area contributed by atoms with Crippen molar-refractivity contribution in [1.29, 1.82) is 0 Å². The van der Waals surface area contributed by atoms with Crippen LogP contribution in [-0.2, 0) is 0 Å². The second-order valence-corrected chi connectivity index (χ2v) is 32.5. The van der Waals surface area contributed by atoms with Crippen LogP contribution in [0, 0.1) is 35.5 Å². The Morgan fingerprint density at radius 3 is 2.08 bits per heavy atom. The van der Waals surface area contributed by atoms with Crippen molar-refractivity contribution in [2.75, 3.05) is 0 Å². The molecule has 8 atom stereocenters. The summed E-state index contributed by atoms with van der Waals surface area (Å²) in [6.07, 6.45) is 18.3. The van der Waals surface area contributed by atoms with Gasteiger partial charge in [-0.25, -0.2) is 0 Å². The van der Waals surface area contributed by atoms with Crippen LogP contribution in [0.4, 0.5) is 0 Å². The summed E-state index contributed by atoms with van der Waals surface area (Å²) in [6.45, 7) is 14.1. The van der Waals surface area contributed by atoms with Gasteiger partial charge in [0, 0.05) is 21.1 Å². The highest BCUT2D eigenvalue weighted by Crippen LogP contribution is 2.67. The minimum absolute atomic E-state index is 0.647. The zero-order valence-corrected chi connectivity index (χ0v) is 28.3. The Hall–Kier alpha value is -1.13. The van der Waals surface area contributed by atoms with Gasteiger partial charge in [0.2, 0.25) is 0 Å². The van der Waals surface area contributed by atoms with Crippen molar-refractivity contribution in [3.05, 3.63) is 59.7 Å². The Labute approximate surface area is 247 Å². The van der Waals surface area contributed by atoms with E-state index in [1.165, 1.54) is 44.9 Å². The zero-order chi connectivity index (χ0) is 27.6. The van der Waals surface area contributed by atoms with Crippen LogP contribution in [0.3, 0.4) is 0 Å². The van der Waals surface area contributed by atoms with Gasteiger partial charge in [0.25, 0.3) is 0 Å². The molecular weight excluding hydrogens is 513 g/mol. The molecule has 4 fully saturated rings. The minimum Gasteiger partial charge on any atom is -0.0711 e. The molecule has 2 aromatic rings. The normalized spacial score (nSPS) is 35.4. The first-order valence-corrected chi connectivity index (χ1v) is 24.7. The molecule has 216 valence electrons. The molecule has 0 amide bonds. The average Bonchev–Trinajstić information content (AvgIpc) is 3.75. The maximum atomic E-state index is 2.93. The summed E-state index contributed by atoms with van der Waals surface area (Å²) in [5.74, 6) is 6.54. The molecule has 7 rings (SSSR count). The maximum absolute atomic E-state index is 2.93. The van der Waals surface area contributed by atoms with E-state index in [4.69, 9.17) is 0 Å². The molecule has 40 heavy (non-hydrogen) atoms. The van der Waals surface area contributed by atoms with E-state index in [-0.39, 0.29) is 0 Å². The summed E-state index contributed by atoms with van der Waals surface area (Å²) >= 11 is 0. The summed E-state index contributed by atoms with van der Waals surface area (Å²) in [6, 6.07) is 19.1. The van der Waals surface area contributed by atoms with Gasteiger partial charge in [-0.15, -0.1) is 0 Å².